The Bertz CT molecular complexity index is 1140. The van der Waals surface area contributed by atoms with Crippen molar-refractivity contribution in [2.75, 3.05) is 12.3 Å². The molecule has 0 unspecified atom stereocenters. The second kappa shape index (κ2) is 9.70. The molecule has 0 spiro atoms. The number of aromatic nitrogens is 1. The minimum Gasteiger partial charge on any atom is -0.445 e. The molecule has 31 heavy (non-hydrogen) atoms. The van der Waals surface area contributed by atoms with Gasteiger partial charge in [-0.2, -0.15) is 0 Å². The van der Waals surface area contributed by atoms with Crippen molar-refractivity contribution >= 4 is 35.1 Å². The maximum absolute atomic E-state index is 13.0. The molecule has 1 amide bonds. The van der Waals surface area contributed by atoms with Crippen molar-refractivity contribution in [3.8, 4) is 0 Å². The first-order chi connectivity index (χ1) is 14.7. The molecular weight excluding hydrogens is 428 g/mol. The second-order valence-electron chi connectivity index (χ2n) is 8.83. The van der Waals surface area contributed by atoms with Crippen LogP contribution in [0.25, 0.3) is 10.9 Å². The summed E-state index contributed by atoms with van der Waals surface area (Å²) in [6.07, 6.45) is 1.72. The fraction of sp³-hybridized carbons (Fsp3) is 0.348. The second-order valence-corrected chi connectivity index (χ2v) is 16.4. The lowest BCUT2D eigenvalue weighted by atomic mass is 10.1. The van der Waals surface area contributed by atoms with E-state index >= 15 is 0 Å². The largest absolute Gasteiger partial charge is 0.445 e. The van der Waals surface area contributed by atoms with E-state index in [2.05, 4.69) is 25.0 Å². The zero-order chi connectivity index (χ0) is 22.5. The highest BCUT2D eigenvalue weighted by Crippen LogP contribution is 2.24. The van der Waals surface area contributed by atoms with Crippen molar-refractivity contribution in [3.05, 3.63) is 71.9 Å². The third kappa shape index (κ3) is 6.45. The Kier molecular flexibility index (Phi) is 7.22. The number of amides is 1. The Balaban J connectivity index is 1.65. The number of rotatable bonds is 9. The first kappa shape index (κ1) is 23.1. The molecule has 0 aliphatic carbocycles. The molecule has 1 aromatic heterocycles. The van der Waals surface area contributed by atoms with Crippen LogP contribution in [0.4, 0.5) is 4.79 Å². The third-order valence-corrected chi connectivity index (χ3v) is 8.78. The predicted molar refractivity (Wildman–Crippen MR) is 128 cm³/mol. The maximum Gasteiger partial charge on any atom is 0.407 e. The number of hydrogen-bond acceptors (Lipinski definition) is 4. The Hall–Kier alpha value is -2.58. The fourth-order valence-corrected chi connectivity index (χ4v) is 7.68. The molecule has 0 fully saturated rings. The summed E-state index contributed by atoms with van der Waals surface area (Å²) in [5.41, 5.74) is 2.49. The molecule has 1 N–H and O–H groups in total. The topological polar surface area (TPSA) is 77.4 Å². The van der Waals surface area contributed by atoms with Gasteiger partial charge in [-0.15, -0.1) is 0 Å². The number of benzene rings is 2. The lowest BCUT2D eigenvalue weighted by Crippen LogP contribution is -2.26. The number of nitrogens with one attached hydrogen (secondary N) is 1. The van der Waals surface area contributed by atoms with E-state index in [9.17, 15) is 13.2 Å². The van der Waals surface area contributed by atoms with Gasteiger partial charge in [0.25, 0.3) is 0 Å². The molecular formula is C23H30N2O4SSi. The van der Waals surface area contributed by atoms with Gasteiger partial charge in [-0.3, -0.25) is 0 Å². The van der Waals surface area contributed by atoms with E-state index < -0.39 is 24.2 Å². The average Bonchev–Trinajstić information content (AvgIpc) is 3.11. The third-order valence-electron chi connectivity index (χ3n) is 5.05. The van der Waals surface area contributed by atoms with E-state index in [1.807, 2.05) is 54.6 Å². The van der Waals surface area contributed by atoms with Gasteiger partial charge in [-0.1, -0.05) is 68.2 Å². The lowest BCUT2D eigenvalue weighted by Gasteiger charge is -2.16. The minimum absolute atomic E-state index is 0.144. The van der Waals surface area contributed by atoms with Crippen LogP contribution < -0.4 is 5.32 Å². The highest BCUT2D eigenvalue weighted by molar-refractivity contribution is 7.90. The quantitative estimate of drug-likeness (QED) is 0.475. The van der Waals surface area contributed by atoms with E-state index in [1.54, 1.807) is 6.20 Å². The Labute approximate surface area is 185 Å². The van der Waals surface area contributed by atoms with Gasteiger partial charge < -0.3 is 10.1 Å². The van der Waals surface area contributed by atoms with Crippen molar-refractivity contribution in [3.63, 3.8) is 0 Å². The van der Waals surface area contributed by atoms with Crippen molar-refractivity contribution in [1.29, 1.82) is 0 Å². The van der Waals surface area contributed by atoms with Gasteiger partial charge in [0.05, 0.1) is 11.3 Å². The van der Waals surface area contributed by atoms with Gasteiger partial charge in [-0.25, -0.2) is 17.2 Å². The van der Waals surface area contributed by atoms with Gasteiger partial charge in [0.15, 0.2) is 0 Å². The normalized spacial score (nSPS) is 12.1. The molecule has 0 radical (unpaired) electrons. The van der Waals surface area contributed by atoms with Gasteiger partial charge in [0.2, 0.25) is 10.0 Å². The predicted octanol–water partition coefficient (Wildman–Crippen LogP) is 4.63. The van der Waals surface area contributed by atoms with Crippen LogP contribution in [0.5, 0.6) is 0 Å². The summed E-state index contributed by atoms with van der Waals surface area (Å²) in [5.74, 6) is 0.144. The van der Waals surface area contributed by atoms with Crippen molar-refractivity contribution in [1.82, 2.24) is 9.29 Å². The maximum atomic E-state index is 13.0. The zero-order valence-corrected chi connectivity index (χ0v) is 20.1. The highest BCUT2D eigenvalue weighted by atomic mass is 32.2. The summed E-state index contributed by atoms with van der Waals surface area (Å²) < 4.78 is 32.6. The summed E-state index contributed by atoms with van der Waals surface area (Å²) in [4.78, 5) is 12.0. The number of carbonyl (C=O) groups is 1. The molecule has 166 valence electrons. The number of hydrogen-bond donors (Lipinski definition) is 1. The summed E-state index contributed by atoms with van der Waals surface area (Å²) in [5, 5.41) is 3.63. The van der Waals surface area contributed by atoms with E-state index in [4.69, 9.17) is 4.74 Å². The number of fused-ring (bicyclic) bond motifs is 1. The SMILES string of the molecule is C[Si](C)(C)CCS(=O)(=O)n1cc(CCNC(=O)OCc2ccccc2)c2ccccc21. The smallest absolute Gasteiger partial charge is 0.407 e. The molecule has 0 saturated carbocycles. The molecule has 6 nitrogen and oxygen atoms in total. The molecule has 8 heteroatoms. The molecule has 0 aliphatic heterocycles. The van der Waals surface area contributed by atoms with E-state index in [-0.39, 0.29) is 12.4 Å². The molecule has 3 aromatic rings. The van der Waals surface area contributed by atoms with Crippen LogP contribution >= 0.6 is 0 Å². The van der Waals surface area contributed by atoms with Crippen LogP contribution in [0.2, 0.25) is 25.7 Å². The van der Waals surface area contributed by atoms with Crippen LogP contribution in [0.1, 0.15) is 11.1 Å². The Morgan fingerprint density at radius 1 is 1.03 bits per heavy atom. The highest BCUT2D eigenvalue weighted by Gasteiger charge is 2.22. The van der Waals surface area contributed by atoms with Crippen LogP contribution in [0.15, 0.2) is 60.8 Å². The van der Waals surface area contributed by atoms with E-state index in [1.165, 1.54) is 3.97 Å². The van der Waals surface area contributed by atoms with Crippen LogP contribution in [-0.2, 0) is 27.8 Å². The first-order valence-electron chi connectivity index (χ1n) is 10.4. The Morgan fingerprint density at radius 2 is 1.71 bits per heavy atom. The van der Waals surface area contributed by atoms with Crippen LogP contribution in [0.3, 0.4) is 0 Å². The van der Waals surface area contributed by atoms with Gasteiger partial charge in [-0.05, 0) is 29.7 Å². The average molecular weight is 459 g/mol. The molecule has 0 aliphatic rings. The molecule has 2 aromatic carbocycles. The molecule has 0 atom stereocenters. The number of para-hydroxylation sites is 1. The van der Waals surface area contributed by atoms with E-state index in [0.29, 0.717) is 24.5 Å². The summed E-state index contributed by atoms with van der Waals surface area (Å²) in [7, 11) is -4.92. The minimum atomic E-state index is -3.44. The van der Waals surface area contributed by atoms with Gasteiger partial charge in [0, 0.05) is 26.2 Å². The summed E-state index contributed by atoms with van der Waals surface area (Å²) >= 11 is 0. The van der Waals surface area contributed by atoms with Crippen molar-refractivity contribution in [2.24, 2.45) is 0 Å². The zero-order valence-electron chi connectivity index (χ0n) is 18.3. The van der Waals surface area contributed by atoms with Gasteiger partial charge >= 0.3 is 6.09 Å². The number of nitrogens with zero attached hydrogens (tertiary/aromatic N) is 1. The molecule has 3 rings (SSSR count). The summed E-state index contributed by atoms with van der Waals surface area (Å²) in [6, 6.07) is 17.7. The number of carbonyl (C=O) groups excluding carboxylic acids is 1. The first-order valence-corrected chi connectivity index (χ1v) is 15.7. The Morgan fingerprint density at radius 3 is 2.42 bits per heavy atom. The molecule has 0 bridgehead atoms. The van der Waals surface area contributed by atoms with Crippen molar-refractivity contribution in [2.45, 2.75) is 38.7 Å². The van der Waals surface area contributed by atoms with E-state index in [0.717, 1.165) is 16.5 Å². The standard InChI is InChI=1S/C23H30N2O4SSi/c1-31(2,3)16-15-30(27,28)25-17-20(21-11-7-8-12-22(21)25)13-14-24-23(26)29-18-19-9-5-4-6-10-19/h4-12,17H,13-16,18H2,1-3H3,(H,24,26). The van der Waals surface area contributed by atoms with Crippen molar-refractivity contribution < 1.29 is 17.9 Å². The summed E-state index contributed by atoms with van der Waals surface area (Å²) in [6.45, 7) is 7.08. The fourth-order valence-electron chi connectivity index (χ4n) is 3.25. The number of alkyl carbamates (subject to hydrolysis) is 1. The lowest BCUT2D eigenvalue weighted by molar-refractivity contribution is 0.140. The molecule has 1 heterocycles. The number of ether oxygens (including phenoxy) is 1. The van der Waals surface area contributed by atoms with Crippen LogP contribution in [0, 0.1) is 0 Å². The van der Waals surface area contributed by atoms with Gasteiger partial charge in [0.1, 0.15) is 6.61 Å². The monoisotopic (exact) mass is 458 g/mol. The molecule has 0 saturated heterocycles. The van der Waals surface area contributed by atoms with Crippen LogP contribution in [-0.4, -0.2) is 38.9 Å².